The molecular formula is C18H17FN4O2. The number of amides is 2. The van der Waals surface area contributed by atoms with Crippen molar-refractivity contribution in [1.82, 2.24) is 15.3 Å². The van der Waals surface area contributed by atoms with Gasteiger partial charge in [0.2, 0.25) is 0 Å². The highest BCUT2D eigenvalue weighted by molar-refractivity contribution is 5.89. The summed E-state index contributed by atoms with van der Waals surface area (Å²) in [5.41, 5.74) is 1.49. The van der Waals surface area contributed by atoms with E-state index in [1.54, 1.807) is 36.7 Å². The van der Waals surface area contributed by atoms with Crippen LogP contribution in [0.3, 0.4) is 0 Å². The first kappa shape index (κ1) is 16.5. The largest absolute Gasteiger partial charge is 0.489 e. The zero-order valence-corrected chi connectivity index (χ0v) is 13.3. The van der Waals surface area contributed by atoms with Gasteiger partial charge in [0.05, 0.1) is 6.54 Å². The molecule has 0 aliphatic carbocycles. The number of nitrogens with one attached hydrogen (secondary N) is 3. The molecule has 0 spiro atoms. The summed E-state index contributed by atoms with van der Waals surface area (Å²) in [5, 5.41) is 5.45. The molecule has 0 aliphatic rings. The lowest BCUT2D eigenvalue weighted by Gasteiger charge is -2.10. The second-order valence-corrected chi connectivity index (χ2v) is 5.29. The van der Waals surface area contributed by atoms with Crippen LogP contribution in [0.5, 0.6) is 5.75 Å². The predicted octanol–water partition coefficient (Wildman–Crippen LogP) is 3.45. The summed E-state index contributed by atoms with van der Waals surface area (Å²) in [4.78, 5) is 18.8. The second-order valence-electron chi connectivity index (χ2n) is 5.29. The van der Waals surface area contributed by atoms with Gasteiger partial charge in [0, 0.05) is 24.1 Å². The van der Waals surface area contributed by atoms with E-state index in [2.05, 4.69) is 20.6 Å². The molecule has 128 valence electrons. The normalized spacial score (nSPS) is 10.3. The standard InChI is InChI=1S/C18H17FN4O2/c19-14-4-2-6-16(10-14)25-12-13-3-1-5-15(9-13)23-18(24)22-11-17-20-7-8-21-17/h1-10H,11-12H2,(H,20,21)(H2,22,23,24). The fourth-order valence-electron chi connectivity index (χ4n) is 2.20. The van der Waals surface area contributed by atoms with E-state index in [9.17, 15) is 9.18 Å². The number of rotatable bonds is 6. The molecule has 0 bridgehead atoms. The van der Waals surface area contributed by atoms with Crippen LogP contribution >= 0.6 is 0 Å². The molecule has 0 fully saturated rings. The number of benzene rings is 2. The lowest BCUT2D eigenvalue weighted by Crippen LogP contribution is -2.28. The molecule has 7 heteroatoms. The van der Waals surface area contributed by atoms with Crippen LogP contribution in [-0.4, -0.2) is 16.0 Å². The fourth-order valence-corrected chi connectivity index (χ4v) is 2.20. The van der Waals surface area contributed by atoms with Crippen LogP contribution < -0.4 is 15.4 Å². The van der Waals surface area contributed by atoms with Gasteiger partial charge in [-0.15, -0.1) is 0 Å². The zero-order chi connectivity index (χ0) is 17.5. The molecule has 3 rings (SSSR count). The van der Waals surface area contributed by atoms with E-state index >= 15 is 0 Å². The van der Waals surface area contributed by atoms with Crippen molar-refractivity contribution in [2.24, 2.45) is 0 Å². The molecule has 2 aromatic carbocycles. The average Bonchev–Trinajstić information content (AvgIpc) is 3.12. The summed E-state index contributed by atoms with van der Waals surface area (Å²) in [6.45, 7) is 0.578. The van der Waals surface area contributed by atoms with Crippen molar-refractivity contribution in [3.63, 3.8) is 0 Å². The van der Waals surface area contributed by atoms with Gasteiger partial charge in [-0.1, -0.05) is 18.2 Å². The molecule has 0 aliphatic heterocycles. The molecular weight excluding hydrogens is 323 g/mol. The number of aromatic amines is 1. The number of urea groups is 1. The Morgan fingerprint density at radius 2 is 2.08 bits per heavy atom. The second kappa shape index (κ2) is 7.96. The van der Waals surface area contributed by atoms with E-state index in [0.717, 1.165) is 5.56 Å². The van der Waals surface area contributed by atoms with Crippen LogP contribution in [0, 0.1) is 5.82 Å². The Morgan fingerprint density at radius 3 is 2.88 bits per heavy atom. The number of H-pyrrole nitrogens is 1. The number of hydrogen-bond donors (Lipinski definition) is 3. The highest BCUT2D eigenvalue weighted by Crippen LogP contribution is 2.16. The Balaban J connectivity index is 1.53. The van der Waals surface area contributed by atoms with Crippen LogP contribution in [0.1, 0.15) is 11.4 Å². The summed E-state index contributed by atoms with van der Waals surface area (Å²) in [6.07, 6.45) is 3.31. The number of halogens is 1. The number of nitrogens with zero attached hydrogens (tertiary/aromatic N) is 1. The van der Waals surface area contributed by atoms with E-state index in [4.69, 9.17) is 4.74 Å². The van der Waals surface area contributed by atoms with Crippen LogP contribution in [0.25, 0.3) is 0 Å². The molecule has 0 saturated heterocycles. The summed E-state index contributed by atoms with van der Waals surface area (Å²) in [6, 6.07) is 12.9. The highest BCUT2D eigenvalue weighted by Gasteiger charge is 2.04. The zero-order valence-electron chi connectivity index (χ0n) is 13.3. The Labute approximate surface area is 144 Å². The topological polar surface area (TPSA) is 79.0 Å². The van der Waals surface area contributed by atoms with Gasteiger partial charge in [0.1, 0.15) is 24.0 Å². The van der Waals surface area contributed by atoms with Crippen molar-refractivity contribution in [2.75, 3.05) is 5.32 Å². The lowest BCUT2D eigenvalue weighted by atomic mass is 10.2. The minimum atomic E-state index is -0.346. The van der Waals surface area contributed by atoms with E-state index in [-0.39, 0.29) is 18.5 Å². The Kier molecular flexibility index (Phi) is 5.26. The molecule has 0 unspecified atom stereocenters. The lowest BCUT2D eigenvalue weighted by molar-refractivity contribution is 0.251. The van der Waals surface area contributed by atoms with E-state index in [0.29, 0.717) is 23.8 Å². The van der Waals surface area contributed by atoms with E-state index in [1.165, 1.54) is 12.1 Å². The van der Waals surface area contributed by atoms with Crippen LogP contribution in [0.2, 0.25) is 0 Å². The minimum Gasteiger partial charge on any atom is -0.489 e. The number of anilines is 1. The molecule has 3 aromatic rings. The van der Waals surface area contributed by atoms with Gasteiger partial charge in [0.15, 0.2) is 0 Å². The number of carbonyl (C=O) groups is 1. The number of aromatic nitrogens is 2. The molecule has 3 N–H and O–H groups in total. The van der Waals surface area contributed by atoms with Gasteiger partial charge in [-0.3, -0.25) is 0 Å². The first-order valence-corrected chi connectivity index (χ1v) is 7.69. The maximum absolute atomic E-state index is 13.1. The van der Waals surface area contributed by atoms with Crippen molar-refractivity contribution in [3.8, 4) is 5.75 Å². The predicted molar refractivity (Wildman–Crippen MR) is 91.6 cm³/mol. The highest BCUT2D eigenvalue weighted by atomic mass is 19.1. The summed E-state index contributed by atoms with van der Waals surface area (Å²) in [5.74, 6) is 0.781. The van der Waals surface area contributed by atoms with Crippen molar-refractivity contribution in [1.29, 1.82) is 0 Å². The average molecular weight is 340 g/mol. The van der Waals surface area contributed by atoms with Crippen LogP contribution in [-0.2, 0) is 13.2 Å². The number of imidazole rings is 1. The summed E-state index contributed by atoms with van der Waals surface area (Å²) in [7, 11) is 0. The number of carbonyl (C=O) groups excluding carboxylic acids is 1. The van der Waals surface area contributed by atoms with Gasteiger partial charge >= 0.3 is 6.03 Å². The Hall–Kier alpha value is -3.35. The van der Waals surface area contributed by atoms with Crippen molar-refractivity contribution < 1.29 is 13.9 Å². The molecule has 1 aromatic heterocycles. The third-order valence-electron chi connectivity index (χ3n) is 3.36. The quantitative estimate of drug-likeness (QED) is 0.643. The Bertz CT molecular complexity index is 837. The van der Waals surface area contributed by atoms with Crippen LogP contribution in [0.4, 0.5) is 14.9 Å². The summed E-state index contributed by atoms with van der Waals surface area (Å²) >= 11 is 0. The number of ether oxygens (including phenoxy) is 1. The van der Waals surface area contributed by atoms with Gasteiger partial charge < -0.3 is 20.4 Å². The fraction of sp³-hybridized carbons (Fsp3) is 0.111. The molecule has 25 heavy (non-hydrogen) atoms. The molecule has 0 atom stereocenters. The SMILES string of the molecule is O=C(NCc1ncc[nH]1)Nc1cccc(COc2cccc(F)c2)c1. The van der Waals surface area contributed by atoms with E-state index in [1.807, 2.05) is 12.1 Å². The van der Waals surface area contributed by atoms with Crippen LogP contribution in [0.15, 0.2) is 60.9 Å². The first-order valence-electron chi connectivity index (χ1n) is 7.69. The van der Waals surface area contributed by atoms with Crippen molar-refractivity contribution >= 4 is 11.7 Å². The monoisotopic (exact) mass is 340 g/mol. The van der Waals surface area contributed by atoms with Gasteiger partial charge in [-0.05, 0) is 29.8 Å². The first-order chi connectivity index (χ1) is 12.2. The van der Waals surface area contributed by atoms with E-state index < -0.39 is 0 Å². The van der Waals surface area contributed by atoms with Gasteiger partial charge in [-0.2, -0.15) is 0 Å². The molecule has 0 radical (unpaired) electrons. The maximum Gasteiger partial charge on any atom is 0.319 e. The maximum atomic E-state index is 13.1. The Morgan fingerprint density at radius 1 is 1.20 bits per heavy atom. The summed E-state index contributed by atoms with van der Waals surface area (Å²) < 4.78 is 18.7. The minimum absolute atomic E-state index is 0.271. The van der Waals surface area contributed by atoms with Crippen molar-refractivity contribution in [3.05, 3.63) is 78.1 Å². The number of hydrogen-bond acceptors (Lipinski definition) is 3. The van der Waals surface area contributed by atoms with Gasteiger partial charge in [-0.25, -0.2) is 14.2 Å². The molecule has 6 nitrogen and oxygen atoms in total. The van der Waals surface area contributed by atoms with Crippen molar-refractivity contribution in [2.45, 2.75) is 13.2 Å². The third kappa shape index (κ3) is 5.07. The smallest absolute Gasteiger partial charge is 0.319 e. The van der Waals surface area contributed by atoms with Gasteiger partial charge in [0.25, 0.3) is 0 Å². The third-order valence-corrected chi connectivity index (χ3v) is 3.36. The molecule has 1 heterocycles. The molecule has 0 saturated carbocycles. The molecule has 2 amide bonds.